The van der Waals surface area contributed by atoms with E-state index < -0.39 is 0 Å². The lowest BCUT2D eigenvalue weighted by Gasteiger charge is -2.04. The zero-order valence-corrected chi connectivity index (χ0v) is 19.0. The topological polar surface area (TPSA) is 51.6 Å². The Morgan fingerprint density at radius 1 is 0.656 bits per heavy atom. The molecule has 0 bridgehead atoms. The van der Waals surface area contributed by atoms with Gasteiger partial charge in [0.25, 0.3) is 0 Å². The van der Waals surface area contributed by atoms with Gasteiger partial charge < -0.3 is 0 Å². The molecule has 4 rings (SSSR count). The molecule has 2 heterocycles. The maximum absolute atomic E-state index is 12.7. The molecule has 0 atom stereocenters. The lowest BCUT2D eigenvalue weighted by atomic mass is 10.1. The summed E-state index contributed by atoms with van der Waals surface area (Å²) in [5.74, 6) is -0.468. The summed E-state index contributed by atoms with van der Waals surface area (Å²) in [4.78, 5) is 0. The Morgan fingerprint density at radius 2 is 1.22 bits per heavy atom. The minimum absolute atomic E-state index is 0.234. The Balaban J connectivity index is 0.000000181. The highest BCUT2D eigenvalue weighted by Gasteiger charge is 2.04. The summed E-state index contributed by atoms with van der Waals surface area (Å²) < 4.78 is 25.4. The van der Waals surface area contributed by atoms with Gasteiger partial charge in [0.1, 0.15) is 11.6 Å². The molecule has 0 aliphatic heterocycles. The molecule has 8 heteroatoms. The Hall–Kier alpha value is -2.96. The summed E-state index contributed by atoms with van der Waals surface area (Å²) in [7, 11) is 0. The van der Waals surface area contributed by atoms with Crippen molar-refractivity contribution in [3.8, 4) is 0 Å². The van der Waals surface area contributed by atoms with Gasteiger partial charge in [-0.2, -0.15) is 10.2 Å². The van der Waals surface area contributed by atoms with Crippen LogP contribution in [0.2, 0.25) is 10.3 Å². The molecule has 4 aromatic rings. The van der Waals surface area contributed by atoms with Gasteiger partial charge in [-0.25, -0.2) is 8.78 Å². The molecule has 2 aromatic carbocycles. The second-order valence-corrected chi connectivity index (χ2v) is 7.96. The van der Waals surface area contributed by atoms with E-state index in [9.17, 15) is 8.78 Å². The van der Waals surface area contributed by atoms with Gasteiger partial charge in [0.2, 0.25) is 0 Å². The highest BCUT2D eigenvalue weighted by atomic mass is 35.5. The fourth-order valence-electron chi connectivity index (χ4n) is 2.87. The van der Waals surface area contributed by atoms with Crippen molar-refractivity contribution in [2.75, 3.05) is 0 Å². The van der Waals surface area contributed by atoms with Crippen molar-refractivity contribution in [2.24, 2.45) is 0 Å². The van der Waals surface area contributed by atoms with Crippen LogP contribution < -0.4 is 0 Å². The van der Waals surface area contributed by atoms with Gasteiger partial charge >= 0.3 is 0 Å². The van der Waals surface area contributed by atoms with Gasteiger partial charge in [-0.15, -0.1) is 10.2 Å². The van der Waals surface area contributed by atoms with E-state index in [-0.39, 0.29) is 11.6 Å². The molecular weight excluding hydrogens is 453 g/mol. The second kappa shape index (κ2) is 11.1. The summed E-state index contributed by atoms with van der Waals surface area (Å²) in [5, 5.41) is 16.4. The number of hydrogen-bond acceptors (Lipinski definition) is 4. The van der Waals surface area contributed by atoms with Crippen LogP contribution in [0, 0.1) is 25.5 Å². The molecule has 0 unspecified atom stereocenters. The van der Waals surface area contributed by atoms with Crippen LogP contribution >= 0.6 is 23.2 Å². The number of halogens is 4. The number of aryl methyl sites for hydroxylation is 2. The van der Waals surface area contributed by atoms with Gasteiger partial charge in [-0.1, -0.05) is 47.5 Å². The van der Waals surface area contributed by atoms with Crippen LogP contribution in [-0.4, -0.2) is 20.4 Å². The van der Waals surface area contributed by atoms with Gasteiger partial charge in [0, 0.05) is 12.8 Å². The van der Waals surface area contributed by atoms with Crippen LogP contribution in [0.5, 0.6) is 0 Å². The second-order valence-electron chi connectivity index (χ2n) is 7.21. The van der Waals surface area contributed by atoms with E-state index in [0.717, 1.165) is 33.6 Å². The van der Waals surface area contributed by atoms with Gasteiger partial charge in [0.05, 0.1) is 11.4 Å². The van der Waals surface area contributed by atoms with E-state index in [0.29, 0.717) is 23.1 Å². The number of rotatable bonds is 4. The van der Waals surface area contributed by atoms with Crippen molar-refractivity contribution in [1.82, 2.24) is 20.4 Å². The smallest absolute Gasteiger partial charge is 0.154 e. The first-order chi connectivity index (χ1) is 15.3. The van der Waals surface area contributed by atoms with Crippen LogP contribution in [0.1, 0.15) is 33.6 Å². The van der Waals surface area contributed by atoms with E-state index >= 15 is 0 Å². The van der Waals surface area contributed by atoms with E-state index in [1.54, 1.807) is 30.3 Å². The zero-order valence-electron chi connectivity index (χ0n) is 17.5. The monoisotopic (exact) mass is 472 g/mol. The molecular formula is C24H20Cl2F2N4. The van der Waals surface area contributed by atoms with Gasteiger partial charge in [0.15, 0.2) is 10.3 Å². The molecule has 2 aromatic heterocycles. The maximum Gasteiger partial charge on any atom is 0.154 e. The molecule has 0 aliphatic rings. The average molecular weight is 473 g/mol. The number of benzene rings is 2. The third kappa shape index (κ3) is 7.04. The maximum atomic E-state index is 12.7. The van der Waals surface area contributed by atoms with Crippen LogP contribution in [-0.2, 0) is 12.8 Å². The summed E-state index contributed by atoms with van der Waals surface area (Å²) in [6.45, 7) is 3.81. The van der Waals surface area contributed by atoms with E-state index in [2.05, 4.69) is 20.4 Å². The van der Waals surface area contributed by atoms with Crippen molar-refractivity contribution in [3.63, 3.8) is 0 Å². The van der Waals surface area contributed by atoms with Crippen molar-refractivity contribution in [2.45, 2.75) is 26.7 Å². The lowest BCUT2D eigenvalue weighted by Crippen LogP contribution is -1.98. The molecule has 0 spiro atoms. The Kier molecular flexibility index (Phi) is 8.20. The van der Waals surface area contributed by atoms with Crippen molar-refractivity contribution < 1.29 is 8.78 Å². The fraction of sp³-hybridized carbons (Fsp3) is 0.167. The van der Waals surface area contributed by atoms with Crippen LogP contribution in [0.15, 0.2) is 60.7 Å². The molecule has 0 N–H and O–H groups in total. The average Bonchev–Trinajstić information content (AvgIpc) is 2.76. The molecule has 164 valence electrons. The molecule has 4 nitrogen and oxygen atoms in total. The minimum atomic E-state index is -0.234. The van der Waals surface area contributed by atoms with Crippen LogP contribution in [0.4, 0.5) is 8.78 Å². The van der Waals surface area contributed by atoms with Gasteiger partial charge in [-0.3, -0.25) is 0 Å². The lowest BCUT2D eigenvalue weighted by molar-refractivity contribution is 0.626. The zero-order chi connectivity index (χ0) is 23.1. The highest BCUT2D eigenvalue weighted by molar-refractivity contribution is 6.30. The third-order valence-electron chi connectivity index (χ3n) is 4.62. The first-order valence-corrected chi connectivity index (χ1v) is 10.5. The van der Waals surface area contributed by atoms with E-state index in [4.69, 9.17) is 23.2 Å². The summed E-state index contributed by atoms with van der Waals surface area (Å²) in [5.41, 5.74) is 5.57. The Morgan fingerprint density at radius 3 is 1.75 bits per heavy atom. The molecule has 0 amide bonds. The summed E-state index contributed by atoms with van der Waals surface area (Å²) in [6, 6.07) is 16.4. The molecule has 0 fully saturated rings. The number of nitrogens with zero attached hydrogens (tertiary/aromatic N) is 4. The fourth-order valence-corrected chi connectivity index (χ4v) is 3.17. The van der Waals surface area contributed by atoms with Crippen LogP contribution in [0.3, 0.4) is 0 Å². The molecule has 0 saturated heterocycles. The Labute approximate surface area is 195 Å². The van der Waals surface area contributed by atoms with Crippen molar-refractivity contribution >= 4 is 23.2 Å². The Bertz CT molecular complexity index is 1180. The number of aromatic nitrogens is 4. The first-order valence-electron chi connectivity index (χ1n) is 9.76. The molecule has 0 aliphatic carbocycles. The van der Waals surface area contributed by atoms with Crippen molar-refractivity contribution in [1.29, 1.82) is 0 Å². The third-order valence-corrected chi connectivity index (χ3v) is 5.17. The normalized spacial score (nSPS) is 10.4. The molecule has 0 saturated carbocycles. The molecule has 0 radical (unpaired) electrons. The SMILES string of the molecule is Cc1cc(Cc2ccc(F)cc2)nnc1Cl.Cc1cc(Cl)nnc1Cc1ccc(F)cc1. The number of hydrogen-bond donors (Lipinski definition) is 0. The van der Waals surface area contributed by atoms with Crippen LogP contribution in [0.25, 0.3) is 0 Å². The predicted molar refractivity (Wildman–Crippen MR) is 122 cm³/mol. The van der Waals surface area contributed by atoms with Gasteiger partial charge in [-0.05, 0) is 72.5 Å². The quantitative estimate of drug-likeness (QED) is 0.347. The summed E-state index contributed by atoms with van der Waals surface area (Å²) in [6.07, 6.45) is 1.27. The molecule has 32 heavy (non-hydrogen) atoms. The van der Waals surface area contributed by atoms with Crippen molar-refractivity contribution in [3.05, 3.63) is 116 Å². The first kappa shape index (κ1) is 23.7. The van der Waals surface area contributed by atoms with E-state index in [1.807, 2.05) is 19.9 Å². The standard InChI is InChI=1S/2C12H10ClFN2/c1-8-6-12(13)16-15-11(8)7-9-2-4-10(14)5-3-9;1-8-6-11(15-16-12(8)13)7-9-2-4-10(14)5-3-9/h2*2-6H,7H2,1H3. The minimum Gasteiger partial charge on any atom is -0.207 e. The highest BCUT2D eigenvalue weighted by Crippen LogP contribution is 2.15. The van der Waals surface area contributed by atoms with E-state index in [1.165, 1.54) is 24.3 Å². The summed E-state index contributed by atoms with van der Waals surface area (Å²) >= 11 is 11.5. The predicted octanol–water partition coefficient (Wildman–Crippen LogP) is 6.34. The largest absolute Gasteiger partial charge is 0.207 e.